The van der Waals surface area contributed by atoms with Gasteiger partial charge in [0.15, 0.2) is 49.2 Å². The fraction of sp³-hybridized carbons (Fsp3) is 0.472. The van der Waals surface area contributed by atoms with E-state index in [4.69, 9.17) is 61.6 Å². The standard InChI is InChI=1S/C53H57NO23S/c1-25-40(68-27(3)56)44(70-29(5)58)46(72-31(7)60)51(67-25)77-43-39(54-48(62)35-21-15-16-22-36(35)49(54)63)53(78-34-19-13-10-14-20-34)75-38(24-66-50(64)33-17-11-9-12-18-33)41(43)76-52-47(73-32(8)61)45(71-30(6)59)42(69-28(4)57)37(74-52)23-65-26(2)55/h9-22,25,37-47,51-53H,23-24H2,1-8H3/t25-,37+,38+,39+,40+,41+,42-,43+,44+,45-,46-,47+,51-,52-,53-/m0/s1. The summed E-state index contributed by atoms with van der Waals surface area (Å²) in [6.45, 7) is 7.28. The van der Waals surface area contributed by atoms with Gasteiger partial charge >= 0.3 is 47.8 Å². The van der Waals surface area contributed by atoms with Gasteiger partial charge in [0, 0.05) is 53.4 Å². The Labute approximate surface area is 450 Å². The minimum absolute atomic E-state index is 0.0276. The molecule has 4 heterocycles. The lowest BCUT2D eigenvalue weighted by Crippen LogP contribution is -2.70. The first kappa shape index (κ1) is 58.4. The zero-order chi connectivity index (χ0) is 56.5. The molecule has 0 N–H and O–H groups in total. The highest BCUT2D eigenvalue weighted by Gasteiger charge is 2.61. The van der Waals surface area contributed by atoms with E-state index in [0.717, 1.165) is 65.1 Å². The molecule has 4 aliphatic rings. The summed E-state index contributed by atoms with van der Waals surface area (Å²) in [6.07, 6.45) is -22.4. The number of rotatable bonds is 18. The molecule has 15 atom stereocenters. The van der Waals surface area contributed by atoms with Crippen LogP contribution in [0.25, 0.3) is 0 Å². The van der Waals surface area contributed by atoms with E-state index in [2.05, 4.69) is 0 Å². The van der Waals surface area contributed by atoms with Crippen LogP contribution in [0.4, 0.5) is 0 Å². The maximum atomic E-state index is 14.9. The van der Waals surface area contributed by atoms with Crippen molar-refractivity contribution < 1.29 is 110 Å². The second-order valence-corrected chi connectivity index (χ2v) is 19.3. The normalized spacial score (nSPS) is 29.4. The van der Waals surface area contributed by atoms with Crippen molar-refractivity contribution in [2.24, 2.45) is 0 Å². The van der Waals surface area contributed by atoms with Gasteiger partial charge in [0.1, 0.15) is 49.1 Å². The molecule has 3 fully saturated rings. The molecule has 0 saturated carbocycles. The van der Waals surface area contributed by atoms with Crippen LogP contribution >= 0.6 is 11.8 Å². The van der Waals surface area contributed by atoms with Crippen LogP contribution in [-0.4, -0.2) is 169 Å². The average Bonchev–Trinajstić information content (AvgIpc) is 3.70. The van der Waals surface area contributed by atoms with Crippen LogP contribution in [0.5, 0.6) is 0 Å². The summed E-state index contributed by atoms with van der Waals surface area (Å²) in [5, 5.41) is 0. The monoisotopic (exact) mass is 1110 g/mol. The molecule has 7 rings (SSSR count). The fourth-order valence-electron chi connectivity index (χ4n) is 9.33. The predicted molar refractivity (Wildman–Crippen MR) is 261 cm³/mol. The second kappa shape index (κ2) is 25.9. The molecule has 3 aromatic rings. The number of hydrogen-bond donors (Lipinski definition) is 0. The van der Waals surface area contributed by atoms with E-state index in [1.54, 1.807) is 48.5 Å². The SMILES string of the molecule is CC(=O)OC[C@H]1O[C@@H](O[C@H]2[C@H](O[C@@H]3O[C@@H](C)[C@@H](OC(C)=O)[C@@H](OC(C)=O)[C@@H]3OC(C)=O)[C@@H](N3C(=O)c4ccccc4C3=O)[C@H](Sc3ccccc3)O[C@@H]2COC(=O)c2ccccc2)[C@H](OC(C)=O)[C@@H](OC(C)=O)[C@H]1OC(C)=O. The van der Waals surface area contributed by atoms with Crippen molar-refractivity contribution >= 4 is 71.3 Å². The van der Waals surface area contributed by atoms with Crippen LogP contribution in [0.2, 0.25) is 0 Å². The first-order chi connectivity index (χ1) is 37.1. The maximum Gasteiger partial charge on any atom is 0.338 e. The third-order valence-electron chi connectivity index (χ3n) is 12.3. The molecule has 418 valence electrons. The van der Waals surface area contributed by atoms with E-state index in [0.29, 0.717) is 4.90 Å². The van der Waals surface area contributed by atoms with Crippen LogP contribution in [-0.2, 0) is 95.1 Å². The summed E-state index contributed by atoms with van der Waals surface area (Å²) in [4.78, 5) is 135. The maximum absolute atomic E-state index is 14.9. The Morgan fingerprint density at radius 1 is 0.462 bits per heavy atom. The molecule has 25 heteroatoms. The van der Waals surface area contributed by atoms with Gasteiger partial charge < -0.3 is 61.6 Å². The Hall–Kier alpha value is -7.29. The highest BCUT2D eigenvalue weighted by atomic mass is 32.2. The summed E-state index contributed by atoms with van der Waals surface area (Å²) >= 11 is 0.998. The van der Waals surface area contributed by atoms with Gasteiger partial charge in [-0.05, 0) is 43.3 Å². The highest BCUT2D eigenvalue weighted by Crippen LogP contribution is 2.44. The van der Waals surface area contributed by atoms with Gasteiger partial charge in [-0.15, -0.1) is 0 Å². The van der Waals surface area contributed by atoms with Crippen molar-refractivity contribution in [1.29, 1.82) is 0 Å². The molecule has 24 nitrogen and oxygen atoms in total. The lowest BCUT2D eigenvalue weighted by atomic mass is 9.94. The van der Waals surface area contributed by atoms with E-state index in [1.807, 2.05) is 0 Å². The Morgan fingerprint density at radius 3 is 1.41 bits per heavy atom. The molecule has 3 saturated heterocycles. The summed E-state index contributed by atoms with van der Waals surface area (Å²) in [7, 11) is 0. The van der Waals surface area contributed by atoms with Crippen molar-refractivity contribution in [3.8, 4) is 0 Å². The molecule has 78 heavy (non-hydrogen) atoms. The molecule has 0 aliphatic carbocycles. The first-order valence-corrected chi connectivity index (χ1v) is 25.3. The van der Waals surface area contributed by atoms with Crippen LogP contribution < -0.4 is 0 Å². The van der Waals surface area contributed by atoms with Gasteiger partial charge in [-0.25, -0.2) is 4.79 Å². The largest absolute Gasteiger partial charge is 0.463 e. The summed E-state index contributed by atoms with van der Waals surface area (Å²) in [5.41, 5.74) is -1.38. The minimum Gasteiger partial charge on any atom is -0.463 e. The number of carbonyl (C=O) groups is 10. The number of benzene rings is 3. The van der Waals surface area contributed by atoms with Crippen LogP contribution in [0, 0.1) is 0 Å². The van der Waals surface area contributed by atoms with Gasteiger partial charge in [-0.3, -0.25) is 48.1 Å². The van der Waals surface area contributed by atoms with Gasteiger partial charge in [0.2, 0.25) is 0 Å². The zero-order valence-corrected chi connectivity index (χ0v) is 44.2. The van der Waals surface area contributed by atoms with Gasteiger partial charge in [0.25, 0.3) is 11.8 Å². The van der Waals surface area contributed by atoms with Crippen LogP contribution in [0.1, 0.15) is 86.5 Å². The van der Waals surface area contributed by atoms with Crippen LogP contribution in [0.15, 0.2) is 89.8 Å². The molecule has 0 unspecified atom stereocenters. The molecule has 4 aliphatic heterocycles. The topological polar surface area (TPSA) is 294 Å². The molecule has 0 spiro atoms. The lowest BCUT2D eigenvalue weighted by Gasteiger charge is -2.52. The summed E-state index contributed by atoms with van der Waals surface area (Å²) in [6, 6.07) is 20.6. The van der Waals surface area contributed by atoms with E-state index >= 15 is 0 Å². The molecule has 0 aromatic heterocycles. The summed E-state index contributed by atoms with van der Waals surface area (Å²) < 4.78 is 79.0. The van der Waals surface area contributed by atoms with Crippen LogP contribution in [0.3, 0.4) is 0 Å². The van der Waals surface area contributed by atoms with E-state index < -0.39 is 164 Å². The number of thioether (sulfide) groups is 1. The number of fused-ring (bicyclic) bond motifs is 1. The molecule has 3 aromatic carbocycles. The van der Waals surface area contributed by atoms with Crippen molar-refractivity contribution in [3.05, 3.63) is 102 Å². The van der Waals surface area contributed by atoms with Gasteiger partial charge in [0.05, 0.1) is 22.8 Å². The number of nitrogens with zero attached hydrogens (tertiary/aromatic N) is 1. The summed E-state index contributed by atoms with van der Waals surface area (Å²) in [5.74, 6) is -9.02. The van der Waals surface area contributed by atoms with Crippen molar-refractivity contribution in [2.75, 3.05) is 13.2 Å². The van der Waals surface area contributed by atoms with Crippen molar-refractivity contribution in [3.63, 3.8) is 0 Å². The number of ether oxygens (including phenoxy) is 13. The third kappa shape index (κ3) is 14.1. The first-order valence-electron chi connectivity index (χ1n) is 24.5. The Bertz CT molecular complexity index is 2690. The Morgan fingerprint density at radius 2 is 0.885 bits per heavy atom. The predicted octanol–water partition coefficient (Wildman–Crippen LogP) is 3.42. The smallest absolute Gasteiger partial charge is 0.338 e. The number of carbonyl (C=O) groups excluding carboxylic acids is 10. The Kier molecular flexibility index (Phi) is 19.4. The molecule has 0 bridgehead atoms. The van der Waals surface area contributed by atoms with E-state index in [1.165, 1.54) is 43.3 Å². The number of amides is 2. The van der Waals surface area contributed by atoms with Gasteiger partial charge in [-0.1, -0.05) is 60.3 Å². The van der Waals surface area contributed by atoms with E-state index in [9.17, 15) is 47.9 Å². The molecule has 0 radical (unpaired) electrons. The highest BCUT2D eigenvalue weighted by molar-refractivity contribution is 7.99. The molecular formula is C53H57NO23S. The fourth-order valence-corrected chi connectivity index (χ4v) is 10.5. The second-order valence-electron chi connectivity index (χ2n) is 18.2. The third-order valence-corrected chi connectivity index (χ3v) is 13.5. The Balaban J connectivity index is 1.47. The van der Waals surface area contributed by atoms with Crippen molar-refractivity contribution in [1.82, 2.24) is 4.90 Å². The lowest BCUT2D eigenvalue weighted by molar-refractivity contribution is -0.361. The minimum atomic E-state index is -2.03. The average molecular weight is 1110 g/mol. The molecular weight excluding hydrogens is 1050 g/mol. The molecule has 2 amide bonds. The quantitative estimate of drug-likeness (QED) is 0.100. The van der Waals surface area contributed by atoms with Crippen molar-refractivity contribution in [2.45, 2.75) is 151 Å². The van der Waals surface area contributed by atoms with Gasteiger partial charge in [-0.2, -0.15) is 0 Å². The number of esters is 8. The van der Waals surface area contributed by atoms with E-state index in [-0.39, 0.29) is 16.7 Å². The number of imide groups is 1. The number of hydrogen-bond acceptors (Lipinski definition) is 24. The zero-order valence-electron chi connectivity index (χ0n) is 43.4.